The van der Waals surface area contributed by atoms with Gasteiger partial charge in [-0.25, -0.2) is 14.4 Å². The fourth-order valence-electron chi connectivity index (χ4n) is 2.02. The molecule has 140 valence electrons. The molecule has 2 aromatic rings. The van der Waals surface area contributed by atoms with E-state index in [0.29, 0.717) is 17.2 Å². The van der Waals surface area contributed by atoms with Crippen LogP contribution in [0.1, 0.15) is 10.4 Å². The van der Waals surface area contributed by atoms with Crippen molar-refractivity contribution in [2.75, 3.05) is 19.5 Å². The van der Waals surface area contributed by atoms with E-state index in [1.165, 1.54) is 26.4 Å². The van der Waals surface area contributed by atoms with Gasteiger partial charge in [-0.05, 0) is 42.5 Å². The fraction of sp³-hybridized carbons (Fsp3) is 0.105. The Morgan fingerprint density at radius 2 is 1.67 bits per heavy atom. The Morgan fingerprint density at radius 3 is 2.26 bits per heavy atom. The summed E-state index contributed by atoms with van der Waals surface area (Å²) in [5.74, 6) is -1.66. The summed E-state index contributed by atoms with van der Waals surface area (Å²) in [4.78, 5) is 34.1. The molecule has 8 heteroatoms. The van der Waals surface area contributed by atoms with Crippen LogP contribution in [0.4, 0.5) is 5.69 Å². The fourth-order valence-corrected chi connectivity index (χ4v) is 2.02. The highest BCUT2D eigenvalue weighted by molar-refractivity contribution is 5.98. The number of esters is 2. The number of hydrogen-bond donors (Lipinski definition) is 2. The summed E-state index contributed by atoms with van der Waals surface area (Å²) in [6.07, 6.45) is 0.980. The van der Waals surface area contributed by atoms with Crippen LogP contribution in [0.5, 0.6) is 11.5 Å². The van der Waals surface area contributed by atoms with Crippen LogP contribution in [0.15, 0.2) is 60.3 Å². The zero-order chi connectivity index (χ0) is 19.8. The topological polar surface area (TPSA) is 111 Å². The number of carbonyl (C=O) groups excluding carboxylic acids is 2. The SMILES string of the molecule is COC(=O)/C=C(/Nc1ccc(Oc2cccc(C(=O)O)c2)cc1)C(=O)OC. The summed E-state index contributed by atoms with van der Waals surface area (Å²) >= 11 is 0. The number of benzene rings is 2. The van der Waals surface area contributed by atoms with Crippen molar-refractivity contribution < 1.29 is 33.7 Å². The quantitative estimate of drug-likeness (QED) is 0.565. The Morgan fingerprint density at radius 1 is 0.963 bits per heavy atom. The van der Waals surface area contributed by atoms with Crippen molar-refractivity contribution >= 4 is 23.6 Å². The van der Waals surface area contributed by atoms with E-state index in [4.69, 9.17) is 9.84 Å². The first-order valence-corrected chi connectivity index (χ1v) is 7.69. The van der Waals surface area contributed by atoms with E-state index in [0.717, 1.165) is 6.08 Å². The van der Waals surface area contributed by atoms with Crippen molar-refractivity contribution in [3.05, 3.63) is 65.9 Å². The van der Waals surface area contributed by atoms with Gasteiger partial charge in [0.05, 0.1) is 25.9 Å². The van der Waals surface area contributed by atoms with Gasteiger partial charge in [0.15, 0.2) is 0 Å². The standard InChI is InChI=1S/C19H17NO7/c1-25-17(21)11-16(19(24)26-2)20-13-6-8-14(9-7-13)27-15-5-3-4-12(10-15)18(22)23/h3-11,20H,1-2H3,(H,22,23)/b16-11+. The van der Waals surface area contributed by atoms with Gasteiger partial charge in [0.1, 0.15) is 17.2 Å². The normalized spacial score (nSPS) is 10.7. The van der Waals surface area contributed by atoms with Crippen LogP contribution in [-0.4, -0.2) is 37.2 Å². The molecular formula is C19H17NO7. The molecular weight excluding hydrogens is 354 g/mol. The van der Waals surface area contributed by atoms with Crippen molar-refractivity contribution in [1.82, 2.24) is 0 Å². The number of nitrogens with one attached hydrogen (secondary N) is 1. The first-order valence-electron chi connectivity index (χ1n) is 7.69. The Hall–Kier alpha value is -3.81. The van der Waals surface area contributed by atoms with E-state index in [1.54, 1.807) is 36.4 Å². The lowest BCUT2D eigenvalue weighted by Crippen LogP contribution is -2.15. The number of aromatic carboxylic acids is 1. The number of rotatable bonds is 7. The first kappa shape index (κ1) is 19.5. The Balaban J connectivity index is 2.13. The number of anilines is 1. The van der Waals surface area contributed by atoms with Crippen LogP contribution in [0, 0.1) is 0 Å². The zero-order valence-electron chi connectivity index (χ0n) is 14.6. The van der Waals surface area contributed by atoms with E-state index < -0.39 is 17.9 Å². The van der Waals surface area contributed by atoms with Crippen molar-refractivity contribution in [1.29, 1.82) is 0 Å². The Labute approximate surface area is 155 Å². The summed E-state index contributed by atoms with van der Waals surface area (Å²) in [7, 11) is 2.39. The molecule has 0 unspecified atom stereocenters. The molecule has 0 fully saturated rings. The zero-order valence-corrected chi connectivity index (χ0v) is 14.6. The molecule has 0 aliphatic heterocycles. The molecule has 0 bridgehead atoms. The molecule has 0 saturated carbocycles. The van der Waals surface area contributed by atoms with Crippen LogP contribution in [0.25, 0.3) is 0 Å². The second-order valence-corrected chi connectivity index (χ2v) is 5.16. The Kier molecular flexibility index (Phi) is 6.54. The van der Waals surface area contributed by atoms with E-state index >= 15 is 0 Å². The van der Waals surface area contributed by atoms with Crippen LogP contribution in [0.3, 0.4) is 0 Å². The maximum Gasteiger partial charge on any atom is 0.354 e. The summed E-state index contributed by atoms with van der Waals surface area (Å²) < 4.78 is 14.7. The van der Waals surface area contributed by atoms with Gasteiger partial charge in [0.25, 0.3) is 0 Å². The van der Waals surface area contributed by atoms with Gasteiger partial charge in [-0.2, -0.15) is 0 Å². The maximum atomic E-state index is 11.7. The largest absolute Gasteiger partial charge is 0.478 e. The first-order chi connectivity index (χ1) is 12.9. The molecule has 0 heterocycles. The van der Waals surface area contributed by atoms with Crippen molar-refractivity contribution in [2.45, 2.75) is 0 Å². The number of carboxylic acid groups (broad SMARTS) is 1. The molecule has 0 saturated heterocycles. The third-order valence-electron chi connectivity index (χ3n) is 3.32. The summed E-state index contributed by atoms with van der Waals surface area (Å²) in [6.45, 7) is 0. The van der Waals surface area contributed by atoms with E-state index in [2.05, 4.69) is 14.8 Å². The van der Waals surface area contributed by atoms with Crippen LogP contribution in [0.2, 0.25) is 0 Å². The highest BCUT2D eigenvalue weighted by Gasteiger charge is 2.13. The molecule has 2 N–H and O–H groups in total. The van der Waals surface area contributed by atoms with E-state index in [1.807, 2.05) is 0 Å². The smallest absolute Gasteiger partial charge is 0.354 e. The molecule has 0 amide bonds. The van der Waals surface area contributed by atoms with E-state index in [9.17, 15) is 14.4 Å². The van der Waals surface area contributed by atoms with Gasteiger partial charge >= 0.3 is 17.9 Å². The molecule has 0 atom stereocenters. The van der Waals surface area contributed by atoms with Gasteiger partial charge in [-0.3, -0.25) is 0 Å². The lowest BCUT2D eigenvalue weighted by Gasteiger charge is -2.10. The molecule has 0 aliphatic rings. The van der Waals surface area contributed by atoms with Gasteiger partial charge < -0.3 is 24.6 Å². The molecule has 2 aromatic carbocycles. The van der Waals surface area contributed by atoms with Crippen molar-refractivity contribution in [3.8, 4) is 11.5 Å². The van der Waals surface area contributed by atoms with Gasteiger partial charge in [-0.1, -0.05) is 6.07 Å². The van der Waals surface area contributed by atoms with Gasteiger partial charge in [0.2, 0.25) is 0 Å². The lowest BCUT2D eigenvalue weighted by molar-refractivity contribution is -0.138. The molecule has 27 heavy (non-hydrogen) atoms. The maximum absolute atomic E-state index is 11.7. The molecule has 0 aliphatic carbocycles. The highest BCUT2D eigenvalue weighted by atomic mass is 16.5. The highest BCUT2D eigenvalue weighted by Crippen LogP contribution is 2.24. The van der Waals surface area contributed by atoms with Crippen LogP contribution >= 0.6 is 0 Å². The van der Waals surface area contributed by atoms with Gasteiger partial charge in [0, 0.05) is 5.69 Å². The minimum atomic E-state index is -1.05. The molecule has 0 aromatic heterocycles. The third kappa shape index (κ3) is 5.60. The molecule has 0 radical (unpaired) electrons. The second-order valence-electron chi connectivity index (χ2n) is 5.16. The molecule has 2 rings (SSSR count). The second kappa shape index (κ2) is 9.04. The average molecular weight is 371 g/mol. The number of hydrogen-bond acceptors (Lipinski definition) is 7. The average Bonchev–Trinajstić information content (AvgIpc) is 2.68. The number of ether oxygens (including phenoxy) is 3. The van der Waals surface area contributed by atoms with Crippen LogP contribution in [-0.2, 0) is 19.1 Å². The number of carbonyl (C=O) groups is 3. The van der Waals surface area contributed by atoms with Crippen molar-refractivity contribution in [3.63, 3.8) is 0 Å². The number of carboxylic acids is 1. The predicted molar refractivity (Wildman–Crippen MR) is 95.7 cm³/mol. The molecule has 0 spiro atoms. The minimum absolute atomic E-state index is 0.0906. The molecule has 8 nitrogen and oxygen atoms in total. The van der Waals surface area contributed by atoms with Gasteiger partial charge in [-0.15, -0.1) is 0 Å². The lowest BCUT2D eigenvalue weighted by atomic mass is 10.2. The number of methoxy groups -OCH3 is 2. The summed E-state index contributed by atoms with van der Waals surface area (Å²) in [6, 6.07) is 12.5. The van der Waals surface area contributed by atoms with E-state index in [-0.39, 0.29) is 11.3 Å². The van der Waals surface area contributed by atoms with Crippen LogP contribution < -0.4 is 10.1 Å². The summed E-state index contributed by atoms with van der Waals surface area (Å²) in [5.41, 5.74) is 0.524. The minimum Gasteiger partial charge on any atom is -0.478 e. The van der Waals surface area contributed by atoms with Crippen molar-refractivity contribution in [2.24, 2.45) is 0 Å². The summed E-state index contributed by atoms with van der Waals surface area (Å²) in [5, 5.41) is 11.8. The third-order valence-corrected chi connectivity index (χ3v) is 3.32. The predicted octanol–water partition coefficient (Wildman–Crippen LogP) is 2.82. The Bertz CT molecular complexity index is 872. The monoisotopic (exact) mass is 371 g/mol.